The zero-order chi connectivity index (χ0) is 15.2. The fourth-order valence-electron chi connectivity index (χ4n) is 2.84. The van der Waals surface area contributed by atoms with Crippen LogP contribution in [0.4, 0.5) is 5.13 Å². The molecule has 0 spiro atoms. The average molecular weight is 311 g/mol. The van der Waals surface area contributed by atoms with Crippen LogP contribution in [-0.4, -0.2) is 31.2 Å². The standard InChI is InChI=1S/C16H29N3OS/c1-5-6-13-7-8-19(10-13)16-18-14(11-20-4)15(21-16)9-17-12(2)3/h12-13,17H,5-11H2,1-4H3. The molecule has 0 aromatic carbocycles. The van der Waals surface area contributed by atoms with Crippen LogP contribution in [0.3, 0.4) is 0 Å². The number of nitrogens with zero attached hydrogens (tertiary/aromatic N) is 2. The third-order valence-corrected chi connectivity index (χ3v) is 5.13. The Labute approximate surface area is 132 Å². The summed E-state index contributed by atoms with van der Waals surface area (Å²) in [5.41, 5.74) is 1.10. The van der Waals surface area contributed by atoms with E-state index in [1.807, 2.05) is 11.3 Å². The molecular formula is C16H29N3OS. The number of ether oxygens (including phenoxy) is 1. The van der Waals surface area contributed by atoms with Gasteiger partial charge >= 0.3 is 0 Å². The number of aromatic nitrogens is 1. The van der Waals surface area contributed by atoms with E-state index in [9.17, 15) is 0 Å². The fraction of sp³-hybridized carbons (Fsp3) is 0.812. The van der Waals surface area contributed by atoms with Crippen LogP contribution < -0.4 is 10.2 Å². The van der Waals surface area contributed by atoms with Gasteiger partial charge in [0.05, 0.1) is 12.3 Å². The van der Waals surface area contributed by atoms with Gasteiger partial charge in [-0.1, -0.05) is 27.2 Å². The van der Waals surface area contributed by atoms with Gasteiger partial charge in [0.25, 0.3) is 0 Å². The number of thiazole rings is 1. The fourth-order valence-corrected chi connectivity index (χ4v) is 3.89. The van der Waals surface area contributed by atoms with Gasteiger partial charge in [0.15, 0.2) is 5.13 Å². The van der Waals surface area contributed by atoms with E-state index in [2.05, 4.69) is 31.0 Å². The number of hydrogen-bond acceptors (Lipinski definition) is 5. The molecule has 0 radical (unpaired) electrons. The number of rotatable bonds is 8. The van der Waals surface area contributed by atoms with E-state index < -0.39 is 0 Å². The molecule has 2 rings (SSSR count). The number of hydrogen-bond donors (Lipinski definition) is 1. The zero-order valence-electron chi connectivity index (χ0n) is 13.8. The Hall–Kier alpha value is -0.650. The number of anilines is 1. The Kier molecular flexibility index (Phi) is 6.45. The lowest BCUT2D eigenvalue weighted by molar-refractivity contribution is 0.181. The average Bonchev–Trinajstić information content (AvgIpc) is 3.04. The molecule has 2 heterocycles. The van der Waals surface area contributed by atoms with Crippen molar-refractivity contribution in [2.45, 2.75) is 59.2 Å². The summed E-state index contributed by atoms with van der Waals surface area (Å²) >= 11 is 1.83. The lowest BCUT2D eigenvalue weighted by atomic mass is 10.0. The van der Waals surface area contributed by atoms with Crippen molar-refractivity contribution in [3.63, 3.8) is 0 Å². The lowest BCUT2D eigenvalue weighted by Crippen LogP contribution is -2.21. The van der Waals surface area contributed by atoms with Crippen LogP contribution in [0.2, 0.25) is 0 Å². The molecule has 0 amide bonds. The van der Waals surface area contributed by atoms with E-state index >= 15 is 0 Å². The molecule has 1 unspecified atom stereocenters. The summed E-state index contributed by atoms with van der Waals surface area (Å²) in [6.45, 7) is 10.4. The van der Waals surface area contributed by atoms with Gasteiger partial charge in [-0.15, -0.1) is 11.3 Å². The minimum atomic E-state index is 0.492. The van der Waals surface area contributed by atoms with Crippen LogP contribution >= 0.6 is 11.3 Å². The molecule has 120 valence electrons. The summed E-state index contributed by atoms with van der Waals surface area (Å²) in [6, 6.07) is 0.492. The second-order valence-electron chi connectivity index (χ2n) is 6.22. The second kappa shape index (κ2) is 8.11. The summed E-state index contributed by atoms with van der Waals surface area (Å²) in [5, 5.41) is 4.67. The maximum absolute atomic E-state index is 5.31. The first-order valence-electron chi connectivity index (χ1n) is 8.09. The highest BCUT2D eigenvalue weighted by Gasteiger charge is 2.25. The predicted octanol–water partition coefficient (Wildman–Crippen LogP) is 3.41. The van der Waals surface area contributed by atoms with Crippen LogP contribution in [0, 0.1) is 5.92 Å². The maximum atomic E-state index is 5.31. The largest absolute Gasteiger partial charge is 0.378 e. The van der Waals surface area contributed by atoms with Gasteiger partial charge in [0.1, 0.15) is 0 Å². The van der Waals surface area contributed by atoms with Gasteiger partial charge in [0, 0.05) is 37.7 Å². The summed E-state index contributed by atoms with van der Waals surface area (Å²) in [6.07, 6.45) is 3.94. The molecule has 1 N–H and O–H groups in total. The van der Waals surface area contributed by atoms with E-state index in [4.69, 9.17) is 9.72 Å². The Morgan fingerprint density at radius 2 is 2.29 bits per heavy atom. The van der Waals surface area contributed by atoms with Gasteiger partial charge in [-0.2, -0.15) is 0 Å². The SMILES string of the molecule is CCCC1CCN(c2nc(COC)c(CNC(C)C)s2)C1. The third-order valence-electron chi connectivity index (χ3n) is 3.97. The summed E-state index contributed by atoms with van der Waals surface area (Å²) in [4.78, 5) is 8.61. The quantitative estimate of drug-likeness (QED) is 0.798. The van der Waals surface area contributed by atoms with E-state index in [1.165, 1.54) is 35.8 Å². The van der Waals surface area contributed by atoms with Crippen molar-refractivity contribution in [1.29, 1.82) is 0 Å². The van der Waals surface area contributed by atoms with Gasteiger partial charge in [-0.05, 0) is 18.8 Å². The summed E-state index contributed by atoms with van der Waals surface area (Å²) in [5.74, 6) is 0.849. The maximum Gasteiger partial charge on any atom is 0.185 e. The normalized spacial score (nSPS) is 18.9. The summed E-state index contributed by atoms with van der Waals surface area (Å²) < 4.78 is 5.31. The molecule has 1 aromatic rings. The molecule has 0 bridgehead atoms. The highest BCUT2D eigenvalue weighted by atomic mass is 32.1. The number of methoxy groups -OCH3 is 1. The molecule has 21 heavy (non-hydrogen) atoms. The van der Waals surface area contributed by atoms with Crippen LogP contribution in [0.25, 0.3) is 0 Å². The van der Waals surface area contributed by atoms with E-state index in [0.717, 1.165) is 24.7 Å². The van der Waals surface area contributed by atoms with E-state index in [1.54, 1.807) is 7.11 Å². The van der Waals surface area contributed by atoms with E-state index in [0.29, 0.717) is 12.6 Å². The van der Waals surface area contributed by atoms with Gasteiger partial charge in [0.2, 0.25) is 0 Å². The van der Waals surface area contributed by atoms with Crippen LogP contribution in [0.15, 0.2) is 0 Å². The molecule has 4 nitrogen and oxygen atoms in total. The van der Waals surface area contributed by atoms with E-state index in [-0.39, 0.29) is 0 Å². The van der Waals surface area contributed by atoms with Crippen molar-refractivity contribution in [3.8, 4) is 0 Å². The van der Waals surface area contributed by atoms with Crippen molar-refractivity contribution < 1.29 is 4.74 Å². The van der Waals surface area contributed by atoms with Crippen molar-refractivity contribution in [2.75, 3.05) is 25.1 Å². The van der Waals surface area contributed by atoms with Gasteiger partial charge < -0.3 is 15.0 Å². The molecule has 1 saturated heterocycles. The van der Waals surface area contributed by atoms with Crippen LogP contribution in [0.1, 0.15) is 50.6 Å². The van der Waals surface area contributed by atoms with Crippen molar-refractivity contribution in [1.82, 2.24) is 10.3 Å². The first-order valence-corrected chi connectivity index (χ1v) is 8.91. The Balaban J connectivity index is 2.04. The third kappa shape index (κ3) is 4.66. The smallest absolute Gasteiger partial charge is 0.185 e. The minimum Gasteiger partial charge on any atom is -0.378 e. The molecule has 0 aliphatic carbocycles. The Morgan fingerprint density at radius 3 is 2.95 bits per heavy atom. The van der Waals surface area contributed by atoms with Crippen LogP contribution in [-0.2, 0) is 17.9 Å². The minimum absolute atomic E-state index is 0.492. The molecule has 1 fully saturated rings. The molecule has 1 atom stereocenters. The molecule has 5 heteroatoms. The first-order chi connectivity index (χ1) is 10.1. The second-order valence-corrected chi connectivity index (χ2v) is 7.29. The topological polar surface area (TPSA) is 37.4 Å². The Bertz CT molecular complexity index is 433. The zero-order valence-corrected chi connectivity index (χ0v) is 14.6. The highest BCUT2D eigenvalue weighted by Crippen LogP contribution is 2.32. The molecule has 1 aliphatic heterocycles. The molecule has 1 aliphatic rings. The highest BCUT2D eigenvalue weighted by molar-refractivity contribution is 7.15. The van der Waals surface area contributed by atoms with Gasteiger partial charge in [-0.25, -0.2) is 4.98 Å². The molecular weight excluding hydrogens is 282 g/mol. The van der Waals surface area contributed by atoms with Crippen LogP contribution in [0.5, 0.6) is 0 Å². The molecule has 1 aromatic heterocycles. The predicted molar refractivity (Wildman–Crippen MR) is 90.0 cm³/mol. The monoisotopic (exact) mass is 311 g/mol. The number of nitrogens with one attached hydrogen (secondary N) is 1. The first kappa shape index (κ1) is 16.7. The summed E-state index contributed by atoms with van der Waals surface area (Å²) in [7, 11) is 1.74. The van der Waals surface area contributed by atoms with Crippen molar-refractivity contribution in [3.05, 3.63) is 10.6 Å². The molecule has 0 saturated carbocycles. The van der Waals surface area contributed by atoms with Crippen molar-refractivity contribution in [2.24, 2.45) is 5.92 Å². The Morgan fingerprint density at radius 1 is 1.48 bits per heavy atom. The lowest BCUT2D eigenvalue weighted by Gasteiger charge is -2.14. The van der Waals surface area contributed by atoms with Gasteiger partial charge in [-0.3, -0.25) is 0 Å². The van der Waals surface area contributed by atoms with Crippen molar-refractivity contribution >= 4 is 16.5 Å².